The van der Waals surface area contributed by atoms with E-state index >= 15 is 0 Å². The fraction of sp³-hybridized carbons (Fsp3) is 0.143. The van der Waals surface area contributed by atoms with Gasteiger partial charge in [-0.2, -0.15) is 0 Å². The van der Waals surface area contributed by atoms with Gasteiger partial charge < -0.3 is 5.11 Å². The fourth-order valence-corrected chi connectivity index (χ4v) is 1.71. The van der Waals surface area contributed by atoms with Crippen LogP contribution in [0.15, 0.2) is 18.2 Å². The van der Waals surface area contributed by atoms with Crippen molar-refractivity contribution in [2.24, 2.45) is 0 Å². The largest absolute Gasteiger partial charge is 0.477 e. The first kappa shape index (κ1) is 10.9. The van der Waals surface area contributed by atoms with Gasteiger partial charge >= 0.3 is 5.97 Å². The summed E-state index contributed by atoms with van der Waals surface area (Å²) in [4.78, 5) is 14.1. The molecule has 0 aliphatic rings. The minimum Gasteiger partial charge on any atom is -0.477 e. The Morgan fingerprint density at radius 3 is 2.64 bits per heavy atom. The number of carboxylic acid groups (broad SMARTS) is 1. The molecule has 0 aliphatic carbocycles. The lowest BCUT2D eigenvalue weighted by molar-refractivity contribution is 0.0690. The van der Waals surface area contributed by atoms with Gasteiger partial charge in [0.05, 0.1) is 5.69 Å². The first-order chi connectivity index (χ1) is 6.38. The summed E-state index contributed by atoms with van der Waals surface area (Å²) < 4.78 is 21.3. The molecule has 1 aromatic rings. The zero-order valence-electron chi connectivity index (χ0n) is 6.84. The van der Waals surface area contributed by atoms with Crippen LogP contribution in [0.1, 0.15) is 16.2 Å². The molecule has 0 aliphatic heterocycles. The Morgan fingerprint density at radius 2 is 2.14 bits per heavy atom. The standard InChI is InChI=1S/C7H6ClNO4S/c8-14(12,13)4-5-2-1-3-6(9-5)7(10)11/h1-3H,4H2,(H,10,11). The number of nitrogens with zero attached hydrogens (tertiary/aromatic N) is 1. The van der Waals surface area contributed by atoms with E-state index in [1.807, 2.05) is 0 Å². The van der Waals surface area contributed by atoms with E-state index in [1.54, 1.807) is 0 Å². The van der Waals surface area contributed by atoms with Crippen LogP contribution in [0.4, 0.5) is 0 Å². The summed E-state index contributed by atoms with van der Waals surface area (Å²) in [6.07, 6.45) is 0. The Kier molecular flexibility index (Phi) is 3.07. The molecule has 0 radical (unpaired) electrons. The molecule has 76 valence electrons. The van der Waals surface area contributed by atoms with Crippen LogP contribution in [0.25, 0.3) is 0 Å². The monoisotopic (exact) mass is 235 g/mol. The minimum atomic E-state index is -3.70. The van der Waals surface area contributed by atoms with Gasteiger partial charge in [0.25, 0.3) is 0 Å². The summed E-state index contributed by atoms with van der Waals surface area (Å²) >= 11 is 0. The fourth-order valence-electron chi connectivity index (χ4n) is 0.856. The average molecular weight is 236 g/mol. The van der Waals surface area contributed by atoms with Crippen molar-refractivity contribution in [2.45, 2.75) is 5.75 Å². The molecule has 14 heavy (non-hydrogen) atoms. The molecule has 1 aromatic heterocycles. The molecule has 1 heterocycles. The van der Waals surface area contributed by atoms with E-state index < -0.39 is 20.8 Å². The second kappa shape index (κ2) is 3.93. The summed E-state index contributed by atoms with van der Waals surface area (Å²) in [5.41, 5.74) is -0.0947. The van der Waals surface area contributed by atoms with Gasteiger partial charge in [-0.25, -0.2) is 18.2 Å². The number of hydrogen-bond donors (Lipinski definition) is 1. The van der Waals surface area contributed by atoms with Crippen molar-refractivity contribution in [3.63, 3.8) is 0 Å². The van der Waals surface area contributed by atoms with E-state index in [9.17, 15) is 13.2 Å². The van der Waals surface area contributed by atoms with Crippen LogP contribution in [0.5, 0.6) is 0 Å². The molecule has 0 bridgehead atoms. The summed E-state index contributed by atoms with van der Waals surface area (Å²) in [6, 6.07) is 4.08. The first-order valence-electron chi connectivity index (χ1n) is 3.50. The van der Waals surface area contributed by atoms with E-state index in [2.05, 4.69) is 4.98 Å². The summed E-state index contributed by atoms with van der Waals surface area (Å²) in [5, 5.41) is 8.56. The molecule has 1 N–H and O–H groups in total. The van der Waals surface area contributed by atoms with Gasteiger partial charge in [0.2, 0.25) is 9.05 Å². The minimum absolute atomic E-state index is 0.111. The molecule has 0 unspecified atom stereocenters. The van der Waals surface area contributed by atoms with E-state index in [4.69, 9.17) is 15.8 Å². The van der Waals surface area contributed by atoms with Gasteiger partial charge in [-0.15, -0.1) is 0 Å². The van der Waals surface area contributed by atoms with E-state index in [1.165, 1.54) is 18.2 Å². The summed E-state index contributed by atoms with van der Waals surface area (Å²) in [6.45, 7) is 0. The number of aromatic nitrogens is 1. The van der Waals surface area contributed by atoms with E-state index in [-0.39, 0.29) is 11.4 Å². The van der Waals surface area contributed by atoms with Crippen LogP contribution in [-0.2, 0) is 14.8 Å². The van der Waals surface area contributed by atoms with Crippen molar-refractivity contribution < 1.29 is 18.3 Å². The van der Waals surface area contributed by atoms with Gasteiger partial charge in [0, 0.05) is 10.7 Å². The third kappa shape index (κ3) is 3.31. The third-order valence-corrected chi connectivity index (χ3v) is 2.31. The number of hydrogen-bond acceptors (Lipinski definition) is 4. The first-order valence-corrected chi connectivity index (χ1v) is 5.98. The van der Waals surface area contributed by atoms with Crippen molar-refractivity contribution in [1.29, 1.82) is 0 Å². The number of pyridine rings is 1. The Morgan fingerprint density at radius 1 is 1.50 bits per heavy atom. The molecule has 0 fully saturated rings. The quantitative estimate of drug-likeness (QED) is 0.785. The second-order valence-electron chi connectivity index (χ2n) is 2.50. The Hall–Kier alpha value is -1.14. The molecular weight excluding hydrogens is 230 g/mol. The lowest BCUT2D eigenvalue weighted by atomic mass is 10.3. The molecule has 5 nitrogen and oxygen atoms in total. The lowest BCUT2D eigenvalue weighted by Crippen LogP contribution is -2.04. The molecule has 1 rings (SSSR count). The van der Waals surface area contributed by atoms with E-state index in [0.29, 0.717) is 0 Å². The van der Waals surface area contributed by atoms with Crippen LogP contribution in [0, 0.1) is 0 Å². The van der Waals surface area contributed by atoms with Gasteiger partial charge in [0.1, 0.15) is 11.4 Å². The summed E-state index contributed by atoms with van der Waals surface area (Å²) in [5.74, 6) is -1.69. The second-order valence-corrected chi connectivity index (χ2v) is 5.28. The number of carboxylic acids is 1. The maximum Gasteiger partial charge on any atom is 0.354 e. The van der Waals surface area contributed by atoms with Crippen molar-refractivity contribution >= 4 is 25.7 Å². The normalized spacial score (nSPS) is 11.2. The maximum atomic E-state index is 10.7. The molecule has 0 spiro atoms. The molecule has 0 atom stereocenters. The Balaban J connectivity index is 3.01. The zero-order chi connectivity index (χ0) is 10.8. The van der Waals surface area contributed by atoms with Crippen LogP contribution < -0.4 is 0 Å². The van der Waals surface area contributed by atoms with Gasteiger partial charge in [-0.1, -0.05) is 6.07 Å². The third-order valence-electron chi connectivity index (χ3n) is 1.35. The molecule has 0 aromatic carbocycles. The highest BCUT2D eigenvalue weighted by Gasteiger charge is 2.10. The highest BCUT2D eigenvalue weighted by molar-refractivity contribution is 8.13. The molecular formula is C7H6ClNO4S. The highest BCUT2D eigenvalue weighted by atomic mass is 35.7. The average Bonchev–Trinajstić information content (AvgIpc) is 2.01. The van der Waals surface area contributed by atoms with Crippen LogP contribution in [-0.4, -0.2) is 24.5 Å². The predicted octanol–water partition coefficient (Wildman–Crippen LogP) is 0.848. The van der Waals surface area contributed by atoms with Crippen molar-refractivity contribution in [1.82, 2.24) is 4.98 Å². The van der Waals surface area contributed by atoms with Crippen LogP contribution in [0.3, 0.4) is 0 Å². The SMILES string of the molecule is O=C(O)c1cccc(CS(=O)(=O)Cl)n1. The maximum absolute atomic E-state index is 10.7. The molecule has 0 amide bonds. The van der Waals surface area contributed by atoms with Crippen molar-refractivity contribution in [3.8, 4) is 0 Å². The van der Waals surface area contributed by atoms with Crippen molar-refractivity contribution in [3.05, 3.63) is 29.6 Å². The van der Waals surface area contributed by atoms with Gasteiger partial charge in [-0.05, 0) is 12.1 Å². The molecule has 0 saturated carbocycles. The highest BCUT2D eigenvalue weighted by Crippen LogP contribution is 2.07. The predicted molar refractivity (Wildman–Crippen MR) is 49.7 cm³/mol. The number of carbonyl (C=O) groups is 1. The lowest BCUT2D eigenvalue weighted by Gasteiger charge is -1.98. The van der Waals surface area contributed by atoms with Gasteiger partial charge in [0.15, 0.2) is 0 Å². The summed E-state index contributed by atoms with van der Waals surface area (Å²) in [7, 11) is 1.28. The van der Waals surface area contributed by atoms with Crippen molar-refractivity contribution in [2.75, 3.05) is 0 Å². The molecule has 0 saturated heterocycles. The number of rotatable bonds is 3. The Bertz CT molecular complexity index is 457. The van der Waals surface area contributed by atoms with Crippen LogP contribution >= 0.6 is 10.7 Å². The zero-order valence-corrected chi connectivity index (χ0v) is 8.42. The van der Waals surface area contributed by atoms with Crippen LogP contribution in [0.2, 0.25) is 0 Å². The molecule has 7 heteroatoms. The van der Waals surface area contributed by atoms with E-state index in [0.717, 1.165) is 0 Å². The van der Waals surface area contributed by atoms with Gasteiger partial charge in [-0.3, -0.25) is 0 Å². The number of halogens is 1. The topological polar surface area (TPSA) is 84.3 Å². The smallest absolute Gasteiger partial charge is 0.354 e. The number of aromatic carboxylic acids is 1. The Labute approximate surface area is 84.8 Å².